The quantitative estimate of drug-likeness (QED) is 0.697. The monoisotopic (exact) mass is 357 g/mol. The van der Waals surface area contributed by atoms with E-state index in [1.807, 2.05) is 13.1 Å². The first-order valence-corrected chi connectivity index (χ1v) is 9.26. The van der Waals surface area contributed by atoms with Crippen LogP contribution in [-0.2, 0) is 0 Å². The Morgan fingerprint density at radius 2 is 1.89 bits per heavy atom. The second-order valence-corrected chi connectivity index (χ2v) is 6.65. The topological polar surface area (TPSA) is 46.8 Å². The zero-order valence-electron chi connectivity index (χ0n) is 15.5. The van der Waals surface area contributed by atoms with E-state index in [1.54, 1.807) is 23.1 Å². The molecule has 3 aromatic rings. The Morgan fingerprint density at radius 1 is 1.07 bits per heavy atom. The van der Waals surface area contributed by atoms with Gasteiger partial charge in [0.25, 0.3) is 5.95 Å². The van der Waals surface area contributed by atoms with Crippen LogP contribution in [0.2, 0.25) is 0 Å². The molecule has 0 saturated heterocycles. The molecule has 0 aliphatic carbocycles. The smallest absolute Gasteiger partial charge is 0.250 e. The summed E-state index contributed by atoms with van der Waals surface area (Å²) in [5.41, 5.74) is 4.94. The van der Waals surface area contributed by atoms with Crippen LogP contribution in [0.5, 0.6) is 0 Å². The van der Waals surface area contributed by atoms with Gasteiger partial charge in [0.2, 0.25) is 0 Å². The zero-order valence-corrected chi connectivity index (χ0v) is 15.5. The molecule has 1 aromatic carbocycles. The molecule has 0 bridgehead atoms. The summed E-state index contributed by atoms with van der Waals surface area (Å²) in [6.45, 7) is 5.05. The average molecular weight is 357 g/mol. The Kier molecular flexibility index (Phi) is 5.21. The minimum Gasteiger partial charge on any atom is -0.296 e. The van der Waals surface area contributed by atoms with Crippen LogP contribution in [0, 0.1) is 6.92 Å². The molecule has 0 atom stereocenters. The van der Waals surface area contributed by atoms with E-state index in [2.05, 4.69) is 68.5 Å². The van der Waals surface area contributed by atoms with Crippen molar-refractivity contribution in [2.75, 3.05) is 19.6 Å². The third-order valence-corrected chi connectivity index (χ3v) is 4.89. The lowest BCUT2D eigenvalue weighted by Crippen LogP contribution is -2.28. The van der Waals surface area contributed by atoms with Crippen molar-refractivity contribution in [3.05, 3.63) is 84.0 Å². The molecule has 0 unspecified atom stereocenters. The van der Waals surface area contributed by atoms with Crippen LogP contribution in [0.3, 0.4) is 0 Å². The minimum absolute atomic E-state index is 0.601. The highest BCUT2D eigenvalue weighted by atomic mass is 15.3. The maximum absolute atomic E-state index is 4.41. The summed E-state index contributed by atoms with van der Waals surface area (Å²) in [5.74, 6) is 0.601. The van der Waals surface area contributed by atoms with Gasteiger partial charge in [-0.2, -0.15) is 5.10 Å². The number of nitrogens with zero attached hydrogens (tertiary/aromatic N) is 5. The van der Waals surface area contributed by atoms with E-state index in [4.69, 9.17) is 0 Å². The Bertz CT molecular complexity index is 941. The van der Waals surface area contributed by atoms with E-state index in [9.17, 15) is 0 Å². The normalized spacial score (nSPS) is 15.2. The van der Waals surface area contributed by atoms with E-state index in [1.165, 1.54) is 11.1 Å². The van der Waals surface area contributed by atoms with Crippen LogP contribution in [0.25, 0.3) is 17.6 Å². The van der Waals surface area contributed by atoms with Gasteiger partial charge in [-0.1, -0.05) is 48.6 Å². The van der Waals surface area contributed by atoms with E-state index in [-0.39, 0.29) is 0 Å². The Morgan fingerprint density at radius 3 is 2.63 bits per heavy atom. The highest BCUT2D eigenvalue weighted by molar-refractivity contribution is 5.66. The first-order valence-electron chi connectivity index (χ1n) is 9.26. The molecule has 0 N–H and O–H groups in total. The van der Waals surface area contributed by atoms with Crippen LogP contribution in [0.1, 0.15) is 23.2 Å². The van der Waals surface area contributed by atoms with Crippen LogP contribution in [0.15, 0.2) is 67.1 Å². The highest BCUT2D eigenvalue weighted by Crippen LogP contribution is 2.22. The first-order chi connectivity index (χ1) is 13.3. The predicted octanol–water partition coefficient (Wildman–Crippen LogP) is 3.77. The lowest BCUT2D eigenvalue weighted by atomic mass is 10.00. The molecule has 4 rings (SSSR count). The summed E-state index contributed by atoms with van der Waals surface area (Å²) in [6.07, 6.45) is 13.1. The van der Waals surface area contributed by atoms with Gasteiger partial charge < -0.3 is 0 Å². The van der Waals surface area contributed by atoms with Crippen molar-refractivity contribution in [1.82, 2.24) is 24.6 Å². The second kappa shape index (κ2) is 8.10. The molecule has 0 radical (unpaired) electrons. The molecule has 5 heteroatoms. The molecule has 1 aliphatic heterocycles. The fourth-order valence-electron chi connectivity index (χ4n) is 3.31. The maximum Gasteiger partial charge on any atom is 0.250 e. The molecule has 136 valence electrons. The van der Waals surface area contributed by atoms with Crippen molar-refractivity contribution in [2.24, 2.45) is 0 Å². The van der Waals surface area contributed by atoms with Crippen LogP contribution in [0.4, 0.5) is 0 Å². The summed E-state index contributed by atoms with van der Waals surface area (Å²) < 4.78 is 1.77. The summed E-state index contributed by atoms with van der Waals surface area (Å²) in [5, 5.41) is 4.41. The van der Waals surface area contributed by atoms with Crippen molar-refractivity contribution < 1.29 is 0 Å². The van der Waals surface area contributed by atoms with E-state index < -0.39 is 0 Å². The zero-order chi connectivity index (χ0) is 18.5. The minimum atomic E-state index is 0.601. The molecule has 0 amide bonds. The second-order valence-electron chi connectivity index (χ2n) is 6.65. The van der Waals surface area contributed by atoms with Gasteiger partial charge in [0.05, 0.1) is 11.9 Å². The van der Waals surface area contributed by atoms with Crippen LogP contribution < -0.4 is 0 Å². The number of aromatic nitrogens is 4. The van der Waals surface area contributed by atoms with E-state index >= 15 is 0 Å². The summed E-state index contributed by atoms with van der Waals surface area (Å²) in [4.78, 5) is 11.0. The van der Waals surface area contributed by atoms with E-state index in [0.29, 0.717) is 5.95 Å². The van der Waals surface area contributed by atoms with Crippen molar-refractivity contribution in [1.29, 1.82) is 0 Å². The van der Waals surface area contributed by atoms with Crippen LogP contribution in [-0.4, -0.2) is 44.3 Å². The number of benzene rings is 1. The van der Waals surface area contributed by atoms with Gasteiger partial charge in [0.15, 0.2) is 0 Å². The Hall–Kier alpha value is -3.05. The highest BCUT2D eigenvalue weighted by Gasteiger charge is 2.12. The fourth-order valence-corrected chi connectivity index (χ4v) is 3.31. The Balaban J connectivity index is 1.37. The lowest BCUT2D eigenvalue weighted by Gasteiger charge is -2.25. The van der Waals surface area contributed by atoms with Gasteiger partial charge in [0.1, 0.15) is 0 Å². The third kappa shape index (κ3) is 4.04. The van der Waals surface area contributed by atoms with Gasteiger partial charge in [0, 0.05) is 37.6 Å². The molecular weight excluding hydrogens is 334 g/mol. The molecule has 27 heavy (non-hydrogen) atoms. The molecule has 5 nitrogen and oxygen atoms in total. The van der Waals surface area contributed by atoms with Crippen molar-refractivity contribution in [3.8, 4) is 5.95 Å². The standard InChI is InChI=1S/C22H23N5/c1-18-21(17-25-27(18)22-23-12-6-13-24-22)9-5-14-26-15-10-20(11-16-26)19-7-3-2-4-8-19/h2-10,12-13,17H,11,14-16H2,1H3/b9-5+. The number of hydrogen-bond donors (Lipinski definition) is 0. The summed E-state index contributed by atoms with van der Waals surface area (Å²) >= 11 is 0. The number of hydrogen-bond acceptors (Lipinski definition) is 4. The first kappa shape index (κ1) is 17.4. The molecule has 0 fully saturated rings. The molecule has 0 spiro atoms. The third-order valence-electron chi connectivity index (χ3n) is 4.89. The van der Waals surface area contributed by atoms with Crippen molar-refractivity contribution in [2.45, 2.75) is 13.3 Å². The molecule has 0 saturated carbocycles. The average Bonchev–Trinajstić information content (AvgIpc) is 3.10. The lowest BCUT2D eigenvalue weighted by molar-refractivity contribution is 0.335. The van der Waals surface area contributed by atoms with E-state index in [0.717, 1.165) is 37.3 Å². The SMILES string of the molecule is Cc1c(/C=C/CN2CC=C(c3ccccc3)CC2)cnn1-c1ncccn1. The Labute approximate surface area is 159 Å². The van der Waals surface area contributed by atoms with Gasteiger partial charge in [-0.3, -0.25) is 4.90 Å². The number of rotatable bonds is 5. The molecule has 3 heterocycles. The summed E-state index contributed by atoms with van der Waals surface area (Å²) in [6, 6.07) is 12.5. The van der Waals surface area contributed by atoms with Gasteiger partial charge in [-0.05, 0) is 30.5 Å². The summed E-state index contributed by atoms with van der Waals surface area (Å²) in [7, 11) is 0. The van der Waals surface area contributed by atoms with Crippen molar-refractivity contribution >= 4 is 11.6 Å². The molecular formula is C22H23N5. The van der Waals surface area contributed by atoms with Crippen LogP contribution >= 0.6 is 0 Å². The predicted molar refractivity (Wildman–Crippen MR) is 108 cm³/mol. The van der Waals surface area contributed by atoms with Gasteiger partial charge in [-0.25, -0.2) is 14.6 Å². The largest absolute Gasteiger partial charge is 0.296 e. The molecule has 2 aromatic heterocycles. The van der Waals surface area contributed by atoms with Gasteiger partial charge >= 0.3 is 0 Å². The molecule has 1 aliphatic rings. The van der Waals surface area contributed by atoms with Crippen molar-refractivity contribution in [3.63, 3.8) is 0 Å². The maximum atomic E-state index is 4.41. The van der Waals surface area contributed by atoms with Gasteiger partial charge in [-0.15, -0.1) is 0 Å². The fraction of sp³-hybridized carbons (Fsp3) is 0.227.